The minimum Gasteiger partial charge on any atom is -0.207 e. The first kappa shape index (κ1) is 15.0. The molecule has 2 rings (SSSR count). The predicted octanol–water partition coefficient (Wildman–Crippen LogP) is 5.74. The van der Waals surface area contributed by atoms with Crippen LogP contribution in [0.4, 0.5) is 4.39 Å². The van der Waals surface area contributed by atoms with Crippen LogP contribution in [-0.2, 0) is 0 Å². The van der Waals surface area contributed by atoms with Crippen LogP contribution in [0.3, 0.4) is 0 Å². The second kappa shape index (κ2) is 6.77. The smallest absolute Gasteiger partial charge is 0.123 e. The molecule has 0 atom stereocenters. The first-order valence-electron chi connectivity index (χ1n) is 5.54. The molecule has 0 unspecified atom stereocenters. The summed E-state index contributed by atoms with van der Waals surface area (Å²) in [5, 5.41) is 1.41. The SMILES string of the molecule is Cc1ccc(Cl)cc1Cl.Cc1ccc(F)cc1C. The van der Waals surface area contributed by atoms with Gasteiger partial charge in [-0.05, 0) is 61.7 Å². The van der Waals surface area contributed by atoms with E-state index in [1.54, 1.807) is 12.1 Å². The molecule has 0 aromatic heterocycles. The fourth-order valence-corrected chi connectivity index (χ4v) is 1.68. The number of aryl methyl sites for hydroxylation is 3. The summed E-state index contributed by atoms with van der Waals surface area (Å²) in [5.41, 5.74) is 3.20. The highest BCUT2D eigenvalue weighted by Gasteiger charge is 1.93. The standard InChI is InChI=1S/C8H9F.C7H6Cl2/c1-6-3-4-8(9)5-7(6)2;1-5-2-3-6(8)4-7(5)9/h3-5H,1-2H3;2-4H,1H3. The molecule has 2 aromatic carbocycles. The van der Waals surface area contributed by atoms with Crippen LogP contribution in [0, 0.1) is 26.6 Å². The largest absolute Gasteiger partial charge is 0.207 e. The second-order valence-corrected chi connectivity index (χ2v) is 4.97. The normalized spacial score (nSPS) is 9.67. The Morgan fingerprint density at radius 1 is 0.778 bits per heavy atom. The maximum atomic E-state index is 12.3. The third-order valence-electron chi connectivity index (χ3n) is 2.60. The van der Waals surface area contributed by atoms with Gasteiger partial charge in [0.2, 0.25) is 0 Å². The predicted molar refractivity (Wildman–Crippen MR) is 77.1 cm³/mol. The molecule has 0 nitrogen and oxygen atoms in total. The first-order chi connectivity index (χ1) is 8.40. The lowest BCUT2D eigenvalue weighted by molar-refractivity contribution is 0.626. The molecular formula is C15H15Cl2F. The third kappa shape index (κ3) is 4.67. The van der Waals surface area contributed by atoms with Gasteiger partial charge in [-0.3, -0.25) is 0 Å². The number of hydrogen-bond donors (Lipinski definition) is 0. The van der Waals surface area contributed by atoms with E-state index in [9.17, 15) is 4.39 Å². The van der Waals surface area contributed by atoms with Gasteiger partial charge in [0.05, 0.1) is 0 Å². The Hall–Kier alpha value is -1.05. The van der Waals surface area contributed by atoms with Crippen LogP contribution < -0.4 is 0 Å². The maximum Gasteiger partial charge on any atom is 0.123 e. The molecule has 0 radical (unpaired) electrons. The summed E-state index contributed by atoms with van der Waals surface area (Å²) >= 11 is 11.4. The lowest BCUT2D eigenvalue weighted by Crippen LogP contribution is -1.80. The lowest BCUT2D eigenvalue weighted by Gasteiger charge is -1.96. The number of halogens is 3. The summed E-state index contributed by atoms with van der Waals surface area (Å²) in [6, 6.07) is 10.2. The van der Waals surface area contributed by atoms with Crippen LogP contribution in [0.5, 0.6) is 0 Å². The zero-order valence-corrected chi connectivity index (χ0v) is 12.1. The van der Waals surface area contributed by atoms with Gasteiger partial charge < -0.3 is 0 Å². The molecule has 0 saturated heterocycles. The van der Waals surface area contributed by atoms with Gasteiger partial charge in [0.15, 0.2) is 0 Å². The fourth-order valence-electron chi connectivity index (χ4n) is 1.27. The van der Waals surface area contributed by atoms with Crippen LogP contribution >= 0.6 is 23.2 Å². The van der Waals surface area contributed by atoms with Crippen molar-refractivity contribution in [3.63, 3.8) is 0 Å². The molecule has 0 N–H and O–H groups in total. The van der Waals surface area contributed by atoms with Gasteiger partial charge in [-0.1, -0.05) is 35.3 Å². The van der Waals surface area contributed by atoms with Gasteiger partial charge in [-0.2, -0.15) is 0 Å². The van der Waals surface area contributed by atoms with Gasteiger partial charge in [-0.15, -0.1) is 0 Å². The molecule has 0 aliphatic rings. The molecule has 0 spiro atoms. The van der Waals surface area contributed by atoms with Crippen LogP contribution in [0.2, 0.25) is 10.0 Å². The molecule has 3 heteroatoms. The Balaban J connectivity index is 0.000000180. The van der Waals surface area contributed by atoms with Crippen molar-refractivity contribution in [1.82, 2.24) is 0 Å². The highest BCUT2D eigenvalue weighted by Crippen LogP contribution is 2.19. The summed E-state index contributed by atoms with van der Waals surface area (Å²) in [6.07, 6.45) is 0. The molecule has 2 aromatic rings. The quantitative estimate of drug-likeness (QED) is 0.578. The van der Waals surface area contributed by atoms with E-state index in [0.29, 0.717) is 5.02 Å². The fraction of sp³-hybridized carbons (Fsp3) is 0.200. The van der Waals surface area contributed by atoms with Gasteiger partial charge in [0.25, 0.3) is 0 Å². The molecule has 0 aliphatic heterocycles. The Labute approximate surface area is 117 Å². The van der Waals surface area contributed by atoms with Crippen molar-refractivity contribution in [2.75, 3.05) is 0 Å². The molecular weight excluding hydrogens is 270 g/mol. The zero-order valence-electron chi connectivity index (χ0n) is 10.6. The Bertz CT molecular complexity index is 487. The summed E-state index contributed by atoms with van der Waals surface area (Å²) in [7, 11) is 0. The molecule has 96 valence electrons. The van der Waals surface area contributed by atoms with Gasteiger partial charge >= 0.3 is 0 Å². The van der Waals surface area contributed by atoms with Crippen LogP contribution in [0.1, 0.15) is 16.7 Å². The van der Waals surface area contributed by atoms with Crippen LogP contribution in [0.15, 0.2) is 36.4 Å². The van der Waals surface area contributed by atoms with E-state index in [1.807, 2.05) is 32.9 Å². The summed E-state index contributed by atoms with van der Waals surface area (Å²) in [6.45, 7) is 5.81. The van der Waals surface area contributed by atoms with Crippen molar-refractivity contribution >= 4 is 23.2 Å². The Kier molecular flexibility index (Phi) is 5.64. The van der Waals surface area contributed by atoms with Crippen molar-refractivity contribution < 1.29 is 4.39 Å². The highest BCUT2D eigenvalue weighted by atomic mass is 35.5. The minimum absolute atomic E-state index is 0.155. The van der Waals surface area contributed by atoms with Crippen molar-refractivity contribution in [3.8, 4) is 0 Å². The van der Waals surface area contributed by atoms with Crippen molar-refractivity contribution in [2.24, 2.45) is 0 Å². The summed E-state index contributed by atoms with van der Waals surface area (Å²) in [4.78, 5) is 0. The number of hydrogen-bond acceptors (Lipinski definition) is 0. The number of benzene rings is 2. The molecule has 0 bridgehead atoms. The van der Waals surface area contributed by atoms with E-state index in [4.69, 9.17) is 23.2 Å². The van der Waals surface area contributed by atoms with E-state index in [0.717, 1.165) is 21.7 Å². The van der Waals surface area contributed by atoms with Crippen molar-refractivity contribution in [1.29, 1.82) is 0 Å². The van der Waals surface area contributed by atoms with E-state index < -0.39 is 0 Å². The monoisotopic (exact) mass is 284 g/mol. The lowest BCUT2D eigenvalue weighted by atomic mass is 10.1. The number of rotatable bonds is 0. The van der Waals surface area contributed by atoms with E-state index >= 15 is 0 Å². The van der Waals surface area contributed by atoms with Gasteiger partial charge in [0, 0.05) is 10.0 Å². The Morgan fingerprint density at radius 3 is 1.83 bits per heavy atom. The average molecular weight is 285 g/mol. The van der Waals surface area contributed by atoms with Gasteiger partial charge in [0.1, 0.15) is 5.82 Å². The average Bonchev–Trinajstić information content (AvgIpc) is 2.30. The first-order valence-corrected chi connectivity index (χ1v) is 6.30. The Morgan fingerprint density at radius 2 is 1.39 bits per heavy atom. The second-order valence-electron chi connectivity index (χ2n) is 4.12. The van der Waals surface area contributed by atoms with E-state index in [-0.39, 0.29) is 5.82 Å². The van der Waals surface area contributed by atoms with Crippen LogP contribution in [0.25, 0.3) is 0 Å². The molecule has 18 heavy (non-hydrogen) atoms. The van der Waals surface area contributed by atoms with Crippen molar-refractivity contribution in [3.05, 3.63) is 69.0 Å². The third-order valence-corrected chi connectivity index (χ3v) is 3.25. The van der Waals surface area contributed by atoms with Crippen LogP contribution in [-0.4, -0.2) is 0 Å². The zero-order chi connectivity index (χ0) is 13.7. The molecule has 0 heterocycles. The molecule has 0 fully saturated rings. The molecule has 0 saturated carbocycles. The summed E-state index contributed by atoms with van der Waals surface area (Å²) < 4.78 is 12.3. The molecule has 0 aliphatic carbocycles. The minimum atomic E-state index is -0.155. The summed E-state index contributed by atoms with van der Waals surface area (Å²) in [5.74, 6) is -0.155. The van der Waals surface area contributed by atoms with E-state index in [1.165, 1.54) is 12.1 Å². The van der Waals surface area contributed by atoms with E-state index in [2.05, 4.69) is 0 Å². The van der Waals surface area contributed by atoms with Crippen molar-refractivity contribution in [2.45, 2.75) is 20.8 Å². The highest BCUT2D eigenvalue weighted by molar-refractivity contribution is 6.35. The topological polar surface area (TPSA) is 0 Å². The van der Waals surface area contributed by atoms with Gasteiger partial charge in [-0.25, -0.2) is 4.39 Å². The molecule has 0 amide bonds. The maximum absolute atomic E-state index is 12.3.